The lowest BCUT2D eigenvalue weighted by molar-refractivity contribution is -0.137. The largest absolute Gasteiger partial charge is 0.481 e. The van der Waals surface area contributed by atoms with Crippen LogP contribution in [0.2, 0.25) is 0 Å². The fourth-order valence-corrected chi connectivity index (χ4v) is 3.15. The van der Waals surface area contributed by atoms with E-state index in [9.17, 15) is 18.0 Å². The number of carboxylic acids is 1. The fraction of sp³-hybridized carbons (Fsp3) is 0.500. The van der Waals surface area contributed by atoms with Gasteiger partial charge in [-0.1, -0.05) is 13.0 Å². The molecule has 0 aliphatic rings. The summed E-state index contributed by atoms with van der Waals surface area (Å²) in [5.41, 5.74) is 0.858. The summed E-state index contributed by atoms with van der Waals surface area (Å²) in [6.45, 7) is 3.96. The Labute approximate surface area is 147 Å². The third-order valence-corrected chi connectivity index (χ3v) is 4.96. The van der Waals surface area contributed by atoms with Crippen molar-refractivity contribution in [1.29, 1.82) is 0 Å². The van der Waals surface area contributed by atoms with Gasteiger partial charge in [0.15, 0.2) is 0 Å². The molecule has 1 rings (SSSR count). The zero-order chi connectivity index (χ0) is 19.0. The summed E-state index contributed by atoms with van der Waals surface area (Å²) in [5, 5.41) is 11.4. The van der Waals surface area contributed by atoms with Crippen molar-refractivity contribution in [2.45, 2.75) is 25.2 Å². The fourth-order valence-electron chi connectivity index (χ4n) is 2.11. The number of ether oxygens (including phenoxy) is 1. The zero-order valence-electron chi connectivity index (χ0n) is 14.5. The van der Waals surface area contributed by atoms with Gasteiger partial charge in [0.05, 0.1) is 11.5 Å². The summed E-state index contributed by atoms with van der Waals surface area (Å²) in [7, 11) is -2.27. The third-order valence-electron chi connectivity index (χ3n) is 3.50. The molecule has 3 N–H and O–H groups in total. The Morgan fingerprint density at radius 1 is 1.32 bits per heavy atom. The van der Waals surface area contributed by atoms with Gasteiger partial charge < -0.3 is 15.2 Å². The van der Waals surface area contributed by atoms with E-state index < -0.39 is 21.9 Å². The van der Waals surface area contributed by atoms with E-state index in [2.05, 4.69) is 10.0 Å². The molecule has 1 aromatic rings. The molecule has 0 heterocycles. The van der Waals surface area contributed by atoms with E-state index in [1.807, 2.05) is 0 Å². The van der Waals surface area contributed by atoms with Gasteiger partial charge in [-0.15, -0.1) is 0 Å². The molecule has 0 bridgehead atoms. The van der Waals surface area contributed by atoms with Crippen LogP contribution in [0.15, 0.2) is 23.1 Å². The summed E-state index contributed by atoms with van der Waals surface area (Å²) in [5.74, 6) is -1.61. The molecule has 25 heavy (non-hydrogen) atoms. The number of sulfonamides is 1. The lowest BCUT2D eigenvalue weighted by atomic mass is 10.1. The second-order valence-electron chi connectivity index (χ2n) is 5.78. The number of carbonyl (C=O) groups is 2. The van der Waals surface area contributed by atoms with Crippen molar-refractivity contribution in [3.63, 3.8) is 0 Å². The average molecular weight is 372 g/mol. The van der Waals surface area contributed by atoms with Gasteiger partial charge in [0, 0.05) is 32.2 Å². The van der Waals surface area contributed by atoms with Gasteiger partial charge in [0.25, 0.3) is 5.91 Å². The van der Waals surface area contributed by atoms with Crippen molar-refractivity contribution in [1.82, 2.24) is 10.0 Å². The third kappa shape index (κ3) is 6.81. The van der Waals surface area contributed by atoms with Gasteiger partial charge in [-0.2, -0.15) is 0 Å². The summed E-state index contributed by atoms with van der Waals surface area (Å²) < 4.78 is 31.6. The highest BCUT2D eigenvalue weighted by Gasteiger charge is 2.18. The zero-order valence-corrected chi connectivity index (χ0v) is 15.4. The molecule has 0 saturated carbocycles. The van der Waals surface area contributed by atoms with Crippen LogP contribution in [0.5, 0.6) is 0 Å². The molecule has 1 aromatic carbocycles. The number of methoxy groups -OCH3 is 1. The van der Waals surface area contributed by atoms with Crippen molar-refractivity contribution in [2.24, 2.45) is 5.92 Å². The van der Waals surface area contributed by atoms with Crippen molar-refractivity contribution < 1.29 is 27.9 Å². The molecule has 0 spiro atoms. The summed E-state index contributed by atoms with van der Waals surface area (Å²) in [6, 6.07) is 4.29. The molecule has 0 aromatic heterocycles. The molecule has 0 saturated heterocycles. The van der Waals surface area contributed by atoms with Crippen LogP contribution in [0.1, 0.15) is 29.3 Å². The number of nitrogens with one attached hydrogen (secondary N) is 2. The molecular weight excluding hydrogens is 348 g/mol. The number of amides is 1. The highest BCUT2D eigenvalue weighted by atomic mass is 32.2. The smallest absolute Gasteiger partial charge is 0.303 e. The Balaban J connectivity index is 2.86. The first-order valence-corrected chi connectivity index (χ1v) is 9.25. The van der Waals surface area contributed by atoms with Gasteiger partial charge in [0.2, 0.25) is 10.0 Å². The Hall–Kier alpha value is -1.97. The van der Waals surface area contributed by atoms with Gasteiger partial charge >= 0.3 is 5.97 Å². The summed E-state index contributed by atoms with van der Waals surface area (Å²) >= 11 is 0. The first-order chi connectivity index (χ1) is 11.7. The molecule has 8 nitrogen and oxygen atoms in total. The van der Waals surface area contributed by atoms with E-state index in [-0.39, 0.29) is 42.5 Å². The highest BCUT2D eigenvalue weighted by Crippen LogP contribution is 2.16. The maximum absolute atomic E-state index is 12.3. The standard InChI is InChI=1S/C16H24N2O6S/c1-11(8-15(19)20)10-17-16(21)14-9-13(5-4-12(14)2)25(22,23)18-6-7-24-3/h4-5,9,11,18H,6-8,10H2,1-3H3,(H,17,21)(H,19,20). The van der Waals surface area contributed by atoms with Crippen LogP contribution in [0.3, 0.4) is 0 Å². The molecular formula is C16H24N2O6S. The van der Waals surface area contributed by atoms with Gasteiger partial charge in [-0.25, -0.2) is 13.1 Å². The average Bonchev–Trinajstić information content (AvgIpc) is 2.52. The predicted molar refractivity (Wildman–Crippen MR) is 92.0 cm³/mol. The minimum atomic E-state index is -3.74. The van der Waals surface area contributed by atoms with Crippen molar-refractivity contribution in [3.8, 4) is 0 Å². The quantitative estimate of drug-likeness (QED) is 0.521. The first-order valence-electron chi connectivity index (χ1n) is 7.76. The van der Waals surface area contributed by atoms with E-state index in [0.717, 1.165) is 0 Å². The van der Waals surface area contributed by atoms with Crippen LogP contribution < -0.4 is 10.0 Å². The second kappa shape index (κ2) is 9.50. The number of benzene rings is 1. The lowest BCUT2D eigenvalue weighted by Crippen LogP contribution is -2.30. The molecule has 1 unspecified atom stereocenters. The Bertz CT molecular complexity index is 717. The van der Waals surface area contributed by atoms with Crippen LogP contribution in [0.4, 0.5) is 0 Å². The number of carbonyl (C=O) groups excluding carboxylic acids is 1. The van der Waals surface area contributed by atoms with E-state index in [4.69, 9.17) is 9.84 Å². The summed E-state index contributed by atoms with van der Waals surface area (Å²) in [6.07, 6.45) is -0.0584. The van der Waals surface area contributed by atoms with Crippen molar-refractivity contribution in [2.75, 3.05) is 26.8 Å². The van der Waals surface area contributed by atoms with Crippen LogP contribution in [0.25, 0.3) is 0 Å². The van der Waals surface area contributed by atoms with Gasteiger partial charge in [-0.3, -0.25) is 9.59 Å². The van der Waals surface area contributed by atoms with Crippen LogP contribution >= 0.6 is 0 Å². The molecule has 1 amide bonds. The lowest BCUT2D eigenvalue weighted by Gasteiger charge is -2.13. The van der Waals surface area contributed by atoms with E-state index in [1.165, 1.54) is 19.2 Å². The number of hydrogen-bond acceptors (Lipinski definition) is 5. The van der Waals surface area contributed by atoms with Crippen LogP contribution in [-0.4, -0.2) is 52.2 Å². The van der Waals surface area contributed by atoms with Crippen LogP contribution in [0, 0.1) is 12.8 Å². The molecule has 9 heteroatoms. The predicted octanol–water partition coefficient (Wildman–Crippen LogP) is 0.760. The maximum atomic E-state index is 12.3. The first kappa shape index (κ1) is 21.1. The van der Waals surface area contributed by atoms with Crippen molar-refractivity contribution in [3.05, 3.63) is 29.3 Å². The Kier molecular flexibility index (Phi) is 8.01. The second-order valence-corrected chi connectivity index (χ2v) is 7.55. The van der Waals surface area contributed by atoms with Crippen molar-refractivity contribution >= 4 is 21.9 Å². The molecule has 0 aliphatic carbocycles. The molecule has 140 valence electrons. The molecule has 0 radical (unpaired) electrons. The molecule has 0 aliphatic heterocycles. The van der Waals surface area contributed by atoms with E-state index >= 15 is 0 Å². The Morgan fingerprint density at radius 2 is 2.00 bits per heavy atom. The molecule has 0 fully saturated rings. The van der Waals surface area contributed by atoms with Gasteiger partial charge in [-0.05, 0) is 30.5 Å². The van der Waals surface area contributed by atoms with E-state index in [0.29, 0.717) is 5.56 Å². The minimum Gasteiger partial charge on any atom is -0.481 e. The highest BCUT2D eigenvalue weighted by molar-refractivity contribution is 7.89. The normalized spacial score (nSPS) is 12.6. The summed E-state index contributed by atoms with van der Waals surface area (Å²) in [4.78, 5) is 22.9. The van der Waals surface area contributed by atoms with E-state index in [1.54, 1.807) is 19.9 Å². The number of aryl methyl sites for hydroxylation is 1. The monoisotopic (exact) mass is 372 g/mol. The Morgan fingerprint density at radius 3 is 2.60 bits per heavy atom. The maximum Gasteiger partial charge on any atom is 0.303 e. The molecule has 1 atom stereocenters. The van der Waals surface area contributed by atoms with Gasteiger partial charge in [0.1, 0.15) is 0 Å². The topological polar surface area (TPSA) is 122 Å². The number of hydrogen-bond donors (Lipinski definition) is 3. The number of aliphatic carboxylic acids is 1. The number of rotatable bonds is 10. The van der Waals surface area contributed by atoms with Crippen LogP contribution in [-0.2, 0) is 19.6 Å². The SMILES string of the molecule is COCCNS(=O)(=O)c1ccc(C)c(C(=O)NCC(C)CC(=O)O)c1. The minimum absolute atomic E-state index is 0.0158. The number of carboxylic acid groups (broad SMARTS) is 1.